The van der Waals surface area contributed by atoms with E-state index in [4.69, 9.17) is 18.9 Å². The van der Waals surface area contributed by atoms with Crippen LogP contribution in [0.2, 0.25) is 0 Å². The lowest BCUT2D eigenvalue weighted by molar-refractivity contribution is -0.112. The molecule has 8 heteroatoms. The summed E-state index contributed by atoms with van der Waals surface area (Å²) in [6, 6.07) is 31.5. The largest absolute Gasteiger partial charge is 0.497 e. The molecule has 0 aromatic heterocycles. The van der Waals surface area contributed by atoms with Crippen LogP contribution >= 0.6 is 0 Å². The van der Waals surface area contributed by atoms with Gasteiger partial charge in [-0.25, -0.2) is 0 Å². The van der Waals surface area contributed by atoms with E-state index in [1.165, 1.54) is 5.56 Å². The maximum atomic E-state index is 13.8. The summed E-state index contributed by atoms with van der Waals surface area (Å²) >= 11 is 0. The van der Waals surface area contributed by atoms with Crippen molar-refractivity contribution >= 4 is 29.0 Å². The zero-order chi connectivity index (χ0) is 35.4. The molecule has 1 fully saturated rings. The van der Waals surface area contributed by atoms with Crippen LogP contribution in [0.1, 0.15) is 50.2 Å². The number of carbonyl (C=O) groups excluding carboxylic acids is 1. The fourth-order valence-corrected chi connectivity index (χ4v) is 6.68. The van der Waals surface area contributed by atoms with Crippen LogP contribution in [-0.4, -0.2) is 70.6 Å². The first-order valence-electron chi connectivity index (χ1n) is 18.3. The summed E-state index contributed by atoms with van der Waals surface area (Å²) in [6.45, 7) is 7.22. The molecule has 268 valence electrons. The SMILES string of the molecule is CCCCOCCOc1ccc(-c2ccc3c(c2)C=C(C(=O)Nc2ccc(CN(C)C4CCOCC4)cc2)CCN3c2ccc(OC)cc2)cc1. The van der Waals surface area contributed by atoms with Gasteiger partial charge in [-0.3, -0.25) is 9.69 Å². The van der Waals surface area contributed by atoms with Gasteiger partial charge in [-0.1, -0.05) is 43.7 Å². The van der Waals surface area contributed by atoms with Crippen molar-refractivity contribution in [3.05, 3.63) is 108 Å². The minimum atomic E-state index is -0.0878. The second-order valence-corrected chi connectivity index (χ2v) is 13.3. The molecule has 0 atom stereocenters. The first kappa shape index (κ1) is 36.2. The molecule has 0 aliphatic carbocycles. The third-order valence-electron chi connectivity index (χ3n) is 9.71. The van der Waals surface area contributed by atoms with Gasteiger partial charge in [-0.15, -0.1) is 0 Å². The fraction of sp³-hybridized carbons (Fsp3) is 0.372. The van der Waals surface area contributed by atoms with Gasteiger partial charge in [0.2, 0.25) is 0 Å². The number of unbranched alkanes of at least 4 members (excludes halogenated alkanes) is 1. The number of rotatable bonds is 15. The number of hydrogen-bond acceptors (Lipinski definition) is 7. The number of benzene rings is 4. The smallest absolute Gasteiger partial charge is 0.251 e. The normalized spacial score (nSPS) is 14.8. The van der Waals surface area contributed by atoms with Gasteiger partial charge in [0.05, 0.1) is 13.7 Å². The van der Waals surface area contributed by atoms with E-state index in [9.17, 15) is 4.79 Å². The summed E-state index contributed by atoms with van der Waals surface area (Å²) in [7, 11) is 3.85. The number of carbonyl (C=O) groups is 1. The molecule has 0 spiro atoms. The minimum absolute atomic E-state index is 0.0878. The molecule has 2 aliphatic heterocycles. The summed E-state index contributed by atoms with van der Waals surface area (Å²) in [5.41, 5.74) is 7.97. The Balaban J connectivity index is 1.18. The van der Waals surface area contributed by atoms with Gasteiger partial charge in [0, 0.05) is 61.6 Å². The summed E-state index contributed by atoms with van der Waals surface area (Å²) in [6.07, 6.45) is 6.96. The molecule has 4 aromatic carbocycles. The molecule has 0 unspecified atom stereocenters. The van der Waals surface area contributed by atoms with Crippen LogP contribution in [0, 0.1) is 0 Å². The number of ether oxygens (including phenoxy) is 4. The first-order valence-corrected chi connectivity index (χ1v) is 18.3. The quantitative estimate of drug-likeness (QED) is 0.125. The highest BCUT2D eigenvalue weighted by Gasteiger charge is 2.22. The molecule has 1 N–H and O–H groups in total. The van der Waals surface area contributed by atoms with Gasteiger partial charge in [-0.05, 0) is 122 Å². The predicted octanol–water partition coefficient (Wildman–Crippen LogP) is 8.73. The first-order chi connectivity index (χ1) is 25.0. The van der Waals surface area contributed by atoms with Crippen LogP contribution in [0.3, 0.4) is 0 Å². The maximum absolute atomic E-state index is 13.8. The van der Waals surface area contributed by atoms with Crippen molar-refractivity contribution in [1.82, 2.24) is 4.90 Å². The van der Waals surface area contributed by atoms with Crippen molar-refractivity contribution in [3.8, 4) is 22.6 Å². The lowest BCUT2D eigenvalue weighted by atomic mass is 10.00. The minimum Gasteiger partial charge on any atom is -0.497 e. The van der Waals surface area contributed by atoms with Gasteiger partial charge in [0.1, 0.15) is 18.1 Å². The number of methoxy groups -OCH3 is 1. The second kappa shape index (κ2) is 18.0. The Morgan fingerprint density at radius 2 is 1.61 bits per heavy atom. The van der Waals surface area contributed by atoms with Crippen molar-refractivity contribution < 1.29 is 23.7 Å². The van der Waals surface area contributed by atoms with Crippen LogP contribution in [0.5, 0.6) is 11.5 Å². The zero-order valence-electron chi connectivity index (χ0n) is 30.2. The standard InChI is InChI=1S/C43H51N3O5/c1-4-5-24-49-27-28-51-41-15-8-33(9-16-41)34-10-19-42-36(29-34)30-35(20-23-46(42)39-13-17-40(48-3)18-14-39)43(47)44-37-11-6-32(7-12-37)31-45(2)38-21-25-50-26-22-38/h6-19,29-30,38H,4-5,20-28,31H2,1-3H3,(H,44,47). The summed E-state index contributed by atoms with van der Waals surface area (Å²) < 4.78 is 22.5. The van der Waals surface area contributed by atoms with Gasteiger partial charge in [0.25, 0.3) is 5.91 Å². The fourth-order valence-electron chi connectivity index (χ4n) is 6.68. The van der Waals surface area contributed by atoms with E-state index >= 15 is 0 Å². The lowest BCUT2D eigenvalue weighted by Crippen LogP contribution is -2.36. The Morgan fingerprint density at radius 3 is 2.33 bits per heavy atom. The molecule has 1 amide bonds. The number of fused-ring (bicyclic) bond motifs is 1. The van der Waals surface area contributed by atoms with E-state index < -0.39 is 0 Å². The Labute approximate surface area is 303 Å². The molecule has 0 saturated carbocycles. The number of nitrogens with zero attached hydrogens (tertiary/aromatic N) is 2. The van der Waals surface area contributed by atoms with Gasteiger partial charge in [-0.2, -0.15) is 0 Å². The van der Waals surface area contributed by atoms with E-state index in [-0.39, 0.29) is 5.91 Å². The van der Waals surface area contributed by atoms with E-state index in [0.29, 0.717) is 32.2 Å². The molecule has 51 heavy (non-hydrogen) atoms. The number of nitrogens with one attached hydrogen (secondary N) is 1. The molecule has 8 nitrogen and oxygen atoms in total. The van der Waals surface area contributed by atoms with Crippen LogP contribution in [0.15, 0.2) is 96.6 Å². The van der Waals surface area contributed by atoms with Crippen molar-refractivity contribution in [2.75, 3.05) is 64.0 Å². The van der Waals surface area contributed by atoms with E-state index in [1.54, 1.807) is 7.11 Å². The zero-order valence-corrected chi connectivity index (χ0v) is 30.2. The molecule has 1 saturated heterocycles. The third-order valence-corrected chi connectivity index (χ3v) is 9.71. The van der Waals surface area contributed by atoms with E-state index in [2.05, 4.69) is 83.7 Å². The molecular weight excluding hydrogens is 638 g/mol. The number of amides is 1. The Hall–Kier alpha value is -4.63. The molecule has 2 heterocycles. The van der Waals surface area contributed by atoms with Gasteiger partial charge >= 0.3 is 0 Å². The summed E-state index contributed by atoms with van der Waals surface area (Å²) in [5, 5.41) is 3.17. The second-order valence-electron chi connectivity index (χ2n) is 13.3. The van der Waals surface area contributed by atoms with Crippen molar-refractivity contribution in [2.24, 2.45) is 0 Å². The monoisotopic (exact) mass is 689 g/mol. The van der Waals surface area contributed by atoms with Crippen LogP contribution < -0.4 is 19.7 Å². The van der Waals surface area contributed by atoms with Crippen molar-refractivity contribution in [1.29, 1.82) is 0 Å². The predicted molar refractivity (Wildman–Crippen MR) is 206 cm³/mol. The highest BCUT2D eigenvalue weighted by atomic mass is 16.5. The average Bonchev–Trinajstić information content (AvgIpc) is 3.37. The van der Waals surface area contributed by atoms with E-state index in [0.717, 1.165) is 103 Å². The molecule has 2 aliphatic rings. The highest BCUT2D eigenvalue weighted by Crippen LogP contribution is 2.37. The molecule has 0 radical (unpaired) electrons. The molecule has 4 aromatic rings. The highest BCUT2D eigenvalue weighted by molar-refractivity contribution is 6.07. The summed E-state index contributed by atoms with van der Waals surface area (Å²) in [4.78, 5) is 18.5. The molecule has 6 rings (SSSR count). The summed E-state index contributed by atoms with van der Waals surface area (Å²) in [5.74, 6) is 1.53. The maximum Gasteiger partial charge on any atom is 0.251 e. The number of anilines is 3. The van der Waals surface area contributed by atoms with Gasteiger partial charge in [0.15, 0.2) is 0 Å². The number of hydrogen-bond donors (Lipinski definition) is 1. The van der Waals surface area contributed by atoms with Crippen LogP contribution in [0.25, 0.3) is 17.2 Å². The van der Waals surface area contributed by atoms with Crippen LogP contribution in [-0.2, 0) is 20.8 Å². The molecule has 0 bridgehead atoms. The Kier molecular flexibility index (Phi) is 12.8. The van der Waals surface area contributed by atoms with Gasteiger partial charge < -0.3 is 29.2 Å². The van der Waals surface area contributed by atoms with Crippen molar-refractivity contribution in [2.45, 2.75) is 51.6 Å². The lowest BCUT2D eigenvalue weighted by Gasteiger charge is -2.31. The average molecular weight is 690 g/mol. The molecular formula is C43H51N3O5. The van der Waals surface area contributed by atoms with Crippen molar-refractivity contribution in [3.63, 3.8) is 0 Å². The van der Waals surface area contributed by atoms with Crippen LogP contribution in [0.4, 0.5) is 17.1 Å². The Bertz CT molecular complexity index is 1730. The Morgan fingerprint density at radius 1 is 0.882 bits per heavy atom. The third kappa shape index (κ3) is 9.79. The topological polar surface area (TPSA) is 72.5 Å². The van der Waals surface area contributed by atoms with E-state index in [1.807, 2.05) is 42.5 Å².